The van der Waals surface area contributed by atoms with Gasteiger partial charge in [-0.2, -0.15) is 9.67 Å². The van der Waals surface area contributed by atoms with E-state index in [1.807, 2.05) is 0 Å². The number of nitro groups is 1. The smallest absolute Gasteiger partial charge is 0.358 e. The molecule has 1 fully saturated rings. The van der Waals surface area contributed by atoms with Crippen molar-refractivity contribution in [1.82, 2.24) is 19.9 Å². The van der Waals surface area contributed by atoms with Gasteiger partial charge in [0, 0.05) is 0 Å². The summed E-state index contributed by atoms with van der Waals surface area (Å²) in [6.07, 6.45) is 5.31. The first-order valence-electron chi connectivity index (χ1n) is 6.37. The first kappa shape index (κ1) is 15.4. The lowest BCUT2D eigenvalue weighted by Gasteiger charge is -2.17. The van der Waals surface area contributed by atoms with Gasteiger partial charge >= 0.3 is 5.82 Å². The predicted octanol–water partition coefficient (Wildman–Crippen LogP) is 1.37. The van der Waals surface area contributed by atoms with Gasteiger partial charge in [-0.1, -0.05) is 18.0 Å². The molecule has 0 radical (unpaired) electrons. The van der Waals surface area contributed by atoms with E-state index in [1.54, 1.807) is 0 Å². The third-order valence-electron chi connectivity index (χ3n) is 3.52. The SMILES string of the molecule is Cl.NC1(c2noc(Cn3ccc([N+](=O)[O-])n3)n2)CCCC1. The van der Waals surface area contributed by atoms with Crippen LogP contribution in [0.5, 0.6) is 0 Å². The van der Waals surface area contributed by atoms with Gasteiger partial charge in [0.15, 0.2) is 5.82 Å². The van der Waals surface area contributed by atoms with Gasteiger partial charge in [0.1, 0.15) is 6.54 Å². The molecule has 2 heterocycles. The van der Waals surface area contributed by atoms with Gasteiger partial charge in [0.2, 0.25) is 0 Å². The summed E-state index contributed by atoms with van der Waals surface area (Å²) in [5.41, 5.74) is 5.73. The Kier molecular flexibility index (Phi) is 4.24. The van der Waals surface area contributed by atoms with Gasteiger partial charge in [0.05, 0.1) is 22.9 Å². The summed E-state index contributed by atoms with van der Waals surface area (Å²) in [7, 11) is 0. The van der Waals surface area contributed by atoms with Crippen LogP contribution in [0.15, 0.2) is 16.8 Å². The number of hydrogen-bond acceptors (Lipinski definition) is 7. The van der Waals surface area contributed by atoms with Crippen molar-refractivity contribution in [2.24, 2.45) is 5.73 Å². The van der Waals surface area contributed by atoms with Crippen LogP contribution < -0.4 is 5.73 Å². The second-order valence-electron chi connectivity index (χ2n) is 5.00. The fraction of sp³-hybridized carbons (Fsp3) is 0.545. The molecule has 3 rings (SSSR count). The quantitative estimate of drug-likeness (QED) is 0.667. The Bertz CT molecular complexity index is 633. The van der Waals surface area contributed by atoms with Crippen molar-refractivity contribution in [3.05, 3.63) is 34.1 Å². The molecule has 1 saturated carbocycles. The molecule has 21 heavy (non-hydrogen) atoms. The first-order chi connectivity index (χ1) is 9.57. The van der Waals surface area contributed by atoms with Crippen LogP contribution >= 0.6 is 12.4 Å². The van der Waals surface area contributed by atoms with E-state index < -0.39 is 10.5 Å². The van der Waals surface area contributed by atoms with Crippen molar-refractivity contribution in [1.29, 1.82) is 0 Å². The summed E-state index contributed by atoms with van der Waals surface area (Å²) in [4.78, 5) is 14.3. The van der Waals surface area contributed by atoms with Crippen molar-refractivity contribution in [3.63, 3.8) is 0 Å². The molecule has 1 aliphatic carbocycles. The number of halogens is 1. The maximum Gasteiger partial charge on any atom is 0.389 e. The zero-order valence-electron chi connectivity index (χ0n) is 11.1. The monoisotopic (exact) mass is 314 g/mol. The Morgan fingerprint density at radius 1 is 1.48 bits per heavy atom. The highest BCUT2D eigenvalue weighted by molar-refractivity contribution is 5.85. The van der Waals surface area contributed by atoms with E-state index in [4.69, 9.17) is 10.3 Å². The highest BCUT2D eigenvalue weighted by Gasteiger charge is 2.36. The summed E-state index contributed by atoms with van der Waals surface area (Å²) < 4.78 is 6.53. The summed E-state index contributed by atoms with van der Waals surface area (Å²) in [6.45, 7) is 0.191. The minimum atomic E-state index is -0.552. The third-order valence-corrected chi connectivity index (χ3v) is 3.52. The molecule has 10 heteroatoms. The molecule has 2 aromatic heterocycles. The van der Waals surface area contributed by atoms with Crippen LogP contribution in [0.25, 0.3) is 0 Å². The average Bonchev–Trinajstić information content (AvgIpc) is 3.10. The maximum atomic E-state index is 10.5. The average molecular weight is 315 g/mol. The van der Waals surface area contributed by atoms with E-state index in [0.29, 0.717) is 11.7 Å². The van der Waals surface area contributed by atoms with E-state index >= 15 is 0 Å². The molecule has 0 aromatic carbocycles. The molecule has 9 nitrogen and oxygen atoms in total. The van der Waals surface area contributed by atoms with Gasteiger partial charge in [-0.3, -0.25) is 0 Å². The Morgan fingerprint density at radius 2 is 2.19 bits per heavy atom. The van der Waals surface area contributed by atoms with Crippen LogP contribution in [-0.2, 0) is 12.1 Å². The molecule has 1 aliphatic rings. The first-order valence-corrected chi connectivity index (χ1v) is 6.37. The van der Waals surface area contributed by atoms with Crippen LogP contribution in [0, 0.1) is 10.1 Å². The second kappa shape index (κ2) is 5.78. The fourth-order valence-corrected chi connectivity index (χ4v) is 2.43. The third kappa shape index (κ3) is 3.03. The van der Waals surface area contributed by atoms with Gasteiger partial charge in [0.25, 0.3) is 5.89 Å². The minimum Gasteiger partial charge on any atom is -0.358 e. The van der Waals surface area contributed by atoms with Gasteiger partial charge in [-0.25, -0.2) is 0 Å². The number of nitrogens with zero attached hydrogens (tertiary/aromatic N) is 5. The zero-order chi connectivity index (χ0) is 14.2. The second-order valence-corrected chi connectivity index (χ2v) is 5.00. The van der Waals surface area contributed by atoms with Crippen LogP contribution in [-0.4, -0.2) is 24.8 Å². The Morgan fingerprint density at radius 3 is 2.81 bits per heavy atom. The molecule has 0 saturated heterocycles. The molecule has 0 atom stereocenters. The van der Waals surface area contributed by atoms with Gasteiger partial charge < -0.3 is 20.4 Å². The number of nitrogens with two attached hydrogens (primary N) is 1. The maximum absolute atomic E-state index is 10.5. The van der Waals surface area contributed by atoms with Crippen LogP contribution in [0.4, 0.5) is 5.82 Å². The highest BCUT2D eigenvalue weighted by Crippen LogP contribution is 2.34. The summed E-state index contributed by atoms with van der Waals surface area (Å²) >= 11 is 0. The summed E-state index contributed by atoms with van der Waals surface area (Å²) in [6, 6.07) is 1.32. The molecule has 0 bridgehead atoms. The molecular formula is C11H15ClN6O3. The summed E-state index contributed by atoms with van der Waals surface area (Å²) in [5, 5.41) is 18.3. The van der Waals surface area contributed by atoms with E-state index in [0.717, 1.165) is 25.7 Å². The normalized spacial score (nSPS) is 16.6. The number of rotatable bonds is 4. The lowest BCUT2D eigenvalue weighted by molar-refractivity contribution is -0.389. The molecule has 2 N–H and O–H groups in total. The molecule has 0 spiro atoms. The standard InChI is InChI=1S/C11H14N6O3.ClH/c12-11(4-1-2-5-11)10-13-9(20-15-10)7-16-6-3-8(14-16)17(18)19;/h3,6H,1-2,4-5,7,12H2;1H. The Hall–Kier alpha value is -2.00. The molecule has 2 aromatic rings. The fourth-order valence-electron chi connectivity index (χ4n) is 2.43. The lowest BCUT2D eigenvalue weighted by Crippen LogP contribution is -2.34. The highest BCUT2D eigenvalue weighted by atomic mass is 35.5. The predicted molar refractivity (Wildman–Crippen MR) is 73.9 cm³/mol. The van der Waals surface area contributed by atoms with E-state index in [2.05, 4.69) is 15.2 Å². The molecule has 0 amide bonds. The van der Waals surface area contributed by atoms with Crippen LogP contribution in [0.2, 0.25) is 0 Å². The van der Waals surface area contributed by atoms with Crippen LogP contribution in [0.3, 0.4) is 0 Å². The van der Waals surface area contributed by atoms with E-state index in [9.17, 15) is 10.1 Å². The zero-order valence-corrected chi connectivity index (χ0v) is 12.0. The molecule has 0 aliphatic heterocycles. The molecular weight excluding hydrogens is 300 g/mol. The van der Waals surface area contributed by atoms with Gasteiger partial charge in [-0.15, -0.1) is 12.4 Å². The van der Waals surface area contributed by atoms with Crippen molar-refractivity contribution in [3.8, 4) is 0 Å². The van der Waals surface area contributed by atoms with Crippen molar-refractivity contribution in [2.45, 2.75) is 37.8 Å². The Labute approximate surface area is 126 Å². The van der Waals surface area contributed by atoms with Crippen molar-refractivity contribution in [2.75, 3.05) is 0 Å². The van der Waals surface area contributed by atoms with E-state index in [1.165, 1.54) is 16.9 Å². The van der Waals surface area contributed by atoms with Crippen molar-refractivity contribution < 1.29 is 9.45 Å². The van der Waals surface area contributed by atoms with Gasteiger partial charge in [-0.05, 0) is 17.8 Å². The number of aromatic nitrogens is 4. The lowest BCUT2D eigenvalue weighted by atomic mass is 9.99. The van der Waals surface area contributed by atoms with Crippen molar-refractivity contribution >= 4 is 18.2 Å². The largest absolute Gasteiger partial charge is 0.389 e. The van der Waals surface area contributed by atoms with E-state index in [-0.39, 0.29) is 24.8 Å². The molecule has 0 unspecified atom stereocenters. The molecule has 114 valence electrons. The summed E-state index contributed by atoms with van der Waals surface area (Å²) in [5.74, 6) is 0.636. The number of hydrogen-bond donors (Lipinski definition) is 1. The Balaban J connectivity index is 0.00000161. The topological polar surface area (TPSA) is 126 Å². The van der Waals surface area contributed by atoms with Crippen LogP contribution in [0.1, 0.15) is 37.4 Å². The minimum absolute atomic E-state index is 0.